The third-order valence-electron chi connectivity index (χ3n) is 5.29. The summed E-state index contributed by atoms with van der Waals surface area (Å²) >= 11 is 0. The van der Waals surface area contributed by atoms with Crippen LogP contribution >= 0.6 is 0 Å². The average molecular weight is 361 g/mol. The SMILES string of the molecule is CC(C)CCN(CCC(C)C)S(=O)(=O)N1C2CCC1C(C(=O)O)C2. The lowest BCUT2D eigenvalue weighted by Crippen LogP contribution is -2.48. The summed E-state index contributed by atoms with van der Waals surface area (Å²) < 4.78 is 29.6. The van der Waals surface area contributed by atoms with E-state index in [0.29, 0.717) is 37.8 Å². The second-order valence-corrected chi connectivity index (χ2v) is 9.91. The van der Waals surface area contributed by atoms with E-state index >= 15 is 0 Å². The molecule has 0 radical (unpaired) electrons. The Morgan fingerprint density at radius 3 is 2.08 bits per heavy atom. The molecule has 3 atom stereocenters. The van der Waals surface area contributed by atoms with Crippen LogP contribution in [0.15, 0.2) is 0 Å². The summed E-state index contributed by atoms with van der Waals surface area (Å²) in [5, 5.41) is 9.37. The molecule has 0 aromatic heterocycles. The molecule has 2 aliphatic heterocycles. The van der Waals surface area contributed by atoms with Gasteiger partial charge in [-0.1, -0.05) is 27.7 Å². The van der Waals surface area contributed by atoms with Gasteiger partial charge in [-0.2, -0.15) is 17.0 Å². The Hall–Kier alpha value is -0.660. The summed E-state index contributed by atoms with van der Waals surface area (Å²) in [6, 6.07) is -0.500. The minimum Gasteiger partial charge on any atom is -0.481 e. The summed E-state index contributed by atoms with van der Waals surface area (Å²) in [6.07, 6.45) is 3.56. The standard InChI is InChI=1S/C17H32N2O4S/c1-12(2)7-9-18(10-8-13(3)4)24(22,23)19-14-5-6-16(19)15(11-14)17(20)21/h12-16H,5-11H2,1-4H3,(H,20,21). The first-order valence-electron chi connectivity index (χ1n) is 9.16. The third-order valence-corrected chi connectivity index (χ3v) is 7.41. The molecule has 0 aromatic rings. The van der Waals surface area contributed by atoms with Crippen LogP contribution in [-0.2, 0) is 15.0 Å². The van der Waals surface area contributed by atoms with Gasteiger partial charge >= 0.3 is 5.97 Å². The highest BCUT2D eigenvalue weighted by Gasteiger charge is 2.55. The van der Waals surface area contributed by atoms with Gasteiger partial charge in [0.05, 0.1) is 5.92 Å². The van der Waals surface area contributed by atoms with E-state index in [-0.39, 0.29) is 12.1 Å². The van der Waals surface area contributed by atoms with Crippen molar-refractivity contribution in [2.45, 2.75) is 71.9 Å². The van der Waals surface area contributed by atoms with Crippen molar-refractivity contribution in [2.24, 2.45) is 17.8 Å². The molecule has 0 amide bonds. The predicted molar refractivity (Wildman–Crippen MR) is 93.8 cm³/mol. The number of nitrogens with zero attached hydrogens (tertiary/aromatic N) is 2. The second kappa shape index (κ2) is 7.70. The van der Waals surface area contributed by atoms with E-state index in [1.807, 2.05) is 0 Å². The van der Waals surface area contributed by atoms with Crippen molar-refractivity contribution in [3.8, 4) is 0 Å². The number of rotatable bonds is 9. The first-order chi connectivity index (χ1) is 11.1. The highest BCUT2D eigenvalue weighted by atomic mass is 32.2. The quantitative estimate of drug-likeness (QED) is 0.685. The molecule has 2 bridgehead atoms. The Bertz CT molecular complexity index is 535. The van der Waals surface area contributed by atoms with Crippen LogP contribution in [0.2, 0.25) is 0 Å². The zero-order valence-electron chi connectivity index (χ0n) is 15.3. The maximum atomic E-state index is 13.2. The van der Waals surface area contributed by atoms with Crippen molar-refractivity contribution in [3.63, 3.8) is 0 Å². The third kappa shape index (κ3) is 4.11. The molecule has 0 saturated carbocycles. The molecule has 2 rings (SSSR count). The first kappa shape index (κ1) is 19.7. The zero-order valence-corrected chi connectivity index (χ0v) is 16.1. The van der Waals surface area contributed by atoms with E-state index in [1.54, 1.807) is 4.31 Å². The van der Waals surface area contributed by atoms with Gasteiger partial charge in [0, 0.05) is 25.2 Å². The molecule has 3 unspecified atom stereocenters. The molecule has 2 saturated heterocycles. The monoisotopic (exact) mass is 360 g/mol. The van der Waals surface area contributed by atoms with Crippen molar-refractivity contribution in [2.75, 3.05) is 13.1 Å². The van der Waals surface area contributed by atoms with Crippen molar-refractivity contribution in [3.05, 3.63) is 0 Å². The normalized spacial score (nSPS) is 27.7. The van der Waals surface area contributed by atoms with Crippen molar-refractivity contribution in [1.29, 1.82) is 0 Å². The van der Waals surface area contributed by atoms with E-state index in [2.05, 4.69) is 27.7 Å². The number of hydrogen-bond acceptors (Lipinski definition) is 3. The summed E-state index contributed by atoms with van der Waals surface area (Å²) in [7, 11) is -3.59. The number of aliphatic carboxylic acids is 1. The summed E-state index contributed by atoms with van der Waals surface area (Å²) in [4.78, 5) is 11.4. The Labute approximate surface area is 146 Å². The minimum atomic E-state index is -3.59. The fraction of sp³-hybridized carbons (Fsp3) is 0.941. The maximum absolute atomic E-state index is 13.2. The van der Waals surface area contributed by atoms with Gasteiger partial charge in [0.25, 0.3) is 10.2 Å². The average Bonchev–Trinajstić information content (AvgIpc) is 3.04. The summed E-state index contributed by atoms with van der Waals surface area (Å²) in [5.74, 6) is -0.540. The Morgan fingerprint density at radius 1 is 1.12 bits per heavy atom. The fourth-order valence-corrected chi connectivity index (χ4v) is 5.95. The maximum Gasteiger partial charge on any atom is 0.308 e. The van der Waals surface area contributed by atoms with Crippen molar-refractivity contribution < 1.29 is 18.3 Å². The second-order valence-electron chi connectivity index (χ2n) is 8.08. The van der Waals surface area contributed by atoms with Crippen LogP contribution in [0.3, 0.4) is 0 Å². The Morgan fingerprint density at radius 2 is 1.67 bits per heavy atom. The Balaban J connectivity index is 2.18. The molecule has 0 aromatic carbocycles. The van der Waals surface area contributed by atoms with Crippen LogP contribution in [0.25, 0.3) is 0 Å². The molecule has 2 fully saturated rings. The van der Waals surface area contributed by atoms with Crippen LogP contribution < -0.4 is 0 Å². The molecule has 0 spiro atoms. The van der Waals surface area contributed by atoms with Crippen LogP contribution in [0.4, 0.5) is 0 Å². The molecular weight excluding hydrogens is 328 g/mol. The Kier molecular flexibility index (Phi) is 6.31. The number of fused-ring (bicyclic) bond motifs is 2. The van der Waals surface area contributed by atoms with E-state index in [0.717, 1.165) is 19.3 Å². The summed E-state index contributed by atoms with van der Waals surface area (Å²) in [6.45, 7) is 9.39. The lowest BCUT2D eigenvalue weighted by Gasteiger charge is -2.31. The van der Waals surface area contributed by atoms with Gasteiger partial charge in [-0.15, -0.1) is 0 Å². The number of carbonyl (C=O) groups is 1. The van der Waals surface area contributed by atoms with Crippen molar-refractivity contribution >= 4 is 16.2 Å². The van der Waals surface area contributed by atoms with Gasteiger partial charge in [-0.25, -0.2) is 0 Å². The van der Waals surface area contributed by atoms with E-state index in [1.165, 1.54) is 4.31 Å². The molecule has 1 N–H and O–H groups in total. The van der Waals surface area contributed by atoms with Crippen molar-refractivity contribution in [1.82, 2.24) is 8.61 Å². The predicted octanol–water partition coefficient (Wildman–Crippen LogP) is 2.56. The number of carboxylic acid groups (broad SMARTS) is 1. The molecular formula is C17H32N2O4S. The molecule has 24 heavy (non-hydrogen) atoms. The topological polar surface area (TPSA) is 77.9 Å². The van der Waals surface area contributed by atoms with Gasteiger partial charge in [0.2, 0.25) is 0 Å². The first-order valence-corrected chi connectivity index (χ1v) is 10.6. The molecule has 2 heterocycles. The van der Waals surface area contributed by atoms with E-state index in [9.17, 15) is 18.3 Å². The minimum absolute atomic E-state index is 0.137. The van der Waals surface area contributed by atoms with Gasteiger partial charge in [0.1, 0.15) is 0 Å². The highest BCUT2D eigenvalue weighted by molar-refractivity contribution is 7.86. The molecule has 6 nitrogen and oxygen atoms in total. The summed E-state index contributed by atoms with van der Waals surface area (Å²) in [5.41, 5.74) is 0. The fourth-order valence-electron chi connectivity index (χ4n) is 3.84. The molecule has 2 aliphatic rings. The van der Waals surface area contributed by atoms with E-state index in [4.69, 9.17) is 0 Å². The lowest BCUT2D eigenvalue weighted by atomic mass is 9.89. The van der Waals surface area contributed by atoms with Gasteiger partial charge in [-0.3, -0.25) is 4.79 Å². The van der Waals surface area contributed by atoms with Crippen LogP contribution in [0, 0.1) is 17.8 Å². The van der Waals surface area contributed by atoms with Gasteiger partial charge < -0.3 is 5.11 Å². The highest BCUT2D eigenvalue weighted by Crippen LogP contribution is 2.44. The van der Waals surface area contributed by atoms with Gasteiger partial charge in [-0.05, 0) is 43.9 Å². The van der Waals surface area contributed by atoms with E-state index < -0.39 is 22.1 Å². The lowest BCUT2D eigenvalue weighted by molar-refractivity contribution is -0.142. The molecule has 140 valence electrons. The number of carboxylic acids is 1. The van der Waals surface area contributed by atoms with Crippen LogP contribution in [-0.4, -0.2) is 53.3 Å². The van der Waals surface area contributed by atoms with Crippen LogP contribution in [0.5, 0.6) is 0 Å². The zero-order chi connectivity index (χ0) is 18.1. The number of hydrogen-bond donors (Lipinski definition) is 1. The largest absolute Gasteiger partial charge is 0.481 e. The smallest absolute Gasteiger partial charge is 0.308 e. The van der Waals surface area contributed by atoms with Crippen LogP contribution in [0.1, 0.15) is 59.8 Å². The molecule has 7 heteroatoms. The molecule has 0 aliphatic carbocycles. The van der Waals surface area contributed by atoms with Gasteiger partial charge in [0.15, 0.2) is 0 Å².